The summed E-state index contributed by atoms with van der Waals surface area (Å²) in [5, 5.41) is 17.1. The first-order chi connectivity index (χ1) is 5.20. The highest BCUT2D eigenvalue weighted by molar-refractivity contribution is 6.19. The summed E-state index contributed by atoms with van der Waals surface area (Å²) in [5.74, 6) is 0. The van der Waals surface area contributed by atoms with Crippen molar-refractivity contribution in [3.8, 4) is 0 Å². The maximum Gasteiger partial charge on any atom is 0.179 e. The first kappa shape index (κ1) is 11.2. The highest BCUT2D eigenvalue weighted by Gasteiger charge is 2.09. The molecule has 0 saturated carbocycles. The van der Waals surface area contributed by atoms with Gasteiger partial charge in [0.15, 0.2) is 6.29 Å². The minimum absolute atomic E-state index is 0.407. The summed E-state index contributed by atoms with van der Waals surface area (Å²) in [6.45, 7) is 1.64. The van der Waals surface area contributed by atoms with Crippen molar-refractivity contribution in [2.75, 3.05) is 6.61 Å². The Labute approximate surface area is 71.9 Å². The Morgan fingerprint density at radius 1 is 1.55 bits per heavy atom. The van der Waals surface area contributed by atoms with E-state index in [9.17, 15) is 0 Å². The molecule has 11 heavy (non-hydrogen) atoms. The molecule has 2 atom stereocenters. The molecule has 2 unspecified atom stereocenters. The number of alkyl halides is 1. The van der Waals surface area contributed by atoms with E-state index in [1.54, 1.807) is 0 Å². The molecule has 0 amide bonds. The van der Waals surface area contributed by atoms with Gasteiger partial charge in [-0.1, -0.05) is 24.9 Å². The molecule has 0 aliphatic carbocycles. The molecule has 0 aromatic carbocycles. The molecule has 0 aromatic rings. The van der Waals surface area contributed by atoms with Gasteiger partial charge in [-0.05, 0) is 12.8 Å². The first-order valence-corrected chi connectivity index (χ1v) is 4.22. The van der Waals surface area contributed by atoms with Gasteiger partial charge < -0.3 is 14.9 Å². The molecule has 0 heterocycles. The molecule has 0 aliphatic heterocycles. The van der Waals surface area contributed by atoms with Crippen LogP contribution in [0.3, 0.4) is 0 Å². The number of halogens is 1. The molecule has 0 aliphatic rings. The predicted octanol–water partition coefficient (Wildman–Crippen LogP) is 1.07. The highest BCUT2D eigenvalue weighted by atomic mass is 35.5. The zero-order valence-electron chi connectivity index (χ0n) is 6.66. The zero-order valence-corrected chi connectivity index (χ0v) is 7.42. The van der Waals surface area contributed by atoms with Crippen molar-refractivity contribution in [2.45, 2.75) is 38.0 Å². The Kier molecular flexibility index (Phi) is 6.96. The smallest absolute Gasteiger partial charge is 0.179 e. The normalized spacial score (nSPS) is 16.4. The molecule has 0 fully saturated rings. The van der Waals surface area contributed by atoms with Crippen LogP contribution in [0.1, 0.15) is 26.2 Å². The summed E-state index contributed by atoms with van der Waals surface area (Å²) < 4.78 is 4.77. The fraction of sp³-hybridized carbons (Fsp3) is 1.00. The van der Waals surface area contributed by atoms with Gasteiger partial charge in [0.1, 0.15) is 5.56 Å². The number of hydrogen-bond acceptors (Lipinski definition) is 3. The Morgan fingerprint density at radius 2 is 2.18 bits per heavy atom. The van der Waals surface area contributed by atoms with Crippen LogP contribution in [0.15, 0.2) is 0 Å². The van der Waals surface area contributed by atoms with Gasteiger partial charge in [0.05, 0.1) is 6.61 Å². The Bertz CT molecular complexity index is 89.8. The van der Waals surface area contributed by atoms with Gasteiger partial charge in [0.2, 0.25) is 0 Å². The summed E-state index contributed by atoms with van der Waals surface area (Å²) in [6.07, 6.45) is 1.57. The lowest BCUT2D eigenvalue weighted by Crippen LogP contribution is -2.21. The molecular formula is C7H15ClO3. The topological polar surface area (TPSA) is 49.7 Å². The third-order valence-electron chi connectivity index (χ3n) is 1.25. The van der Waals surface area contributed by atoms with Crippen molar-refractivity contribution < 1.29 is 14.9 Å². The number of aliphatic hydroxyl groups excluding tert-OH is 2. The predicted molar refractivity (Wildman–Crippen MR) is 43.3 cm³/mol. The van der Waals surface area contributed by atoms with Crippen LogP contribution in [0, 0.1) is 0 Å². The van der Waals surface area contributed by atoms with E-state index in [1.165, 1.54) is 0 Å². The van der Waals surface area contributed by atoms with Gasteiger partial charge in [0, 0.05) is 0 Å². The Hall–Kier alpha value is 0.170. The van der Waals surface area contributed by atoms with Crippen LogP contribution in [0.25, 0.3) is 0 Å². The zero-order chi connectivity index (χ0) is 8.69. The van der Waals surface area contributed by atoms with Gasteiger partial charge in [-0.15, -0.1) is 0 Å². The highest BCUT2D eigenvalue weighted by Crippen LogP contribution is 2.10. The number of rotatable bonds is 6. The molecule has 0 bridgehead atoms. The minimum atomic E-state index is -1.14. The number of aliphatic hydroxyl groups is 2. The molecule has 3 nitrogen and oxygen atoms in total. The van der Waals surface area contributed by atoms with E-state index >= 15 is 0 Å². The quantitative estimate of drug-likeness (QED) is 0.477. The van der Waals surface area contributed by atoms with Crippen LogP contribution in [-0.4, -0.2) is 28.7 Å². The van der Waals surface area contributed by atoms with Crippen LogP contribution < -0.4 is 0 Å². The molecular weight excluding hydrogens is 168 g/mol. The third kappa shape index (κ3) is 6.56. The van der Waals surface area contributed by atoms with Crippen molar-refractivity contribution in [3.05, 3.63) is 0 Å². The van der Waals surface area contributed by atoms with Crippen LogP contribution in [0.2, 0.25) is 0 Å². The average molecular weight is 183 g/mol. The standard InChI is InChI=1S/C7H15ClO3/c1-2-3-4-6(8)11-7(10)5-9/h6-7,9-10H,2-5H2,1H3. The maximum absolute atomic E-state index is 8.77. The molecule has 4 heteroatoms. The maximum atomic E-state index is 8.77. The lowest BCUT2D eigenvalue weighted by molar-refractivity contribution is -0.136. The molecule has 0 radical (unpaired) electrons. The van der Waals surface area contributed by atoms with Crippen molar-refractivity contribution in [1.82, 2.24) is 0 Å². The minimum Gasteiger partial charge on any atom is -0.391 e. The summed E-state index contributed by atoms with van der Waals surface area (Å²) in [5.41, 5.74) is -0.489. The van der Waals surface area contributed by atoms with Crippen LogP contribution in [0.4, 0.5) is 0 Å². The van der Waals surface area contributed by atoms with Gasteiger partial charge in [-0.25, -0.2) is 0 Å². The van der Waals surface area contributed by atoms with Crippen molar-refractivity contribution >= 4 is 11.6 Å². The molecule has 68 valence electrons. The van der Waals surface area contributed by atoms with E-state index in [0.717, 1.165) is 12.8 Å². The Morgan fingerprint density at radius 3 is 2.64 bits per heavy atom. The second-order valence-electron chi connectivity index (χ2n) is 2.33. The third-order valence-corrected chi connectivity index (χ3v) is 1.57. The van der Waals surface area contributed by atoms with Crippen molar-refractivity contribution in [1.29, 1.82) is 0 Å². The second kappa shape index (κ2) is 6.85. The van der Waals surface area contributed by atoms with E-state index in [0.29, 0.717) is 6.42 Å². The SMILES string of the molecule is CCCCC(Cl)OC(O)CO. The van der Waals surface area contributed by atoms with E-state index in [1.807, 2.05) is 6.92 Å². The van der Waals surface area contributed by atoms with Gasteiger partial charge in [-0.3, -0.25) is 0 Å². The first-order valence-electron chi connectivity index (χ1n) is 3.79. The molecule has 0 aromatic heterocycles. The van der Waals surface area contributed by atoms with E-state index in [2.05, 4.69) is 0 Å². The fourth-order valence-corrected chi connectivity index (χ4v) is 0.919. The van der Waals surface area contributed by atoms with Crippen molar-refractivity contribution in [2.24, 2.45) is 0 Å². The van der Waals surface area contributed by atoms with Crippen LogP contribution in [0.5, 0.6) is 0 Å². The summed E-state index contributed by atoms with van der Waals surface area (Å²) in [6, 6.07) is 0. The van der Waals surface area contributed by atoms with Crippen LogP contribution >= 0.6 is 11.6 Å². The van der Waals surface area contributed by atoms with Gasteiger partial charge >= 0.3 is 0 Å². The summed E-state index contributed by atoms with van der Waals surface area (Å²) in [4.78, 5) is 0. The van der Waals surface area contributed by atoms with Gasteiger partial charge in [-0.2, -0.15) is 0 Å². The van der Waals surface area contributed by atoms with E-state index in [4.69, 9.17) is 26.6 Å². The van der Waals surface area contributed by atoms with Gasteiger partial charge in [0.25, 0.3) is 0 Å². The fourth-order valence-electron chi connectivity index (χ4n) is 0.646. The second-order valence-corrected chi connectivity index (χ2v) is 2.81. The summed E-state index contributed by atoms with van der Waals surface area (Å²) >= 11 is 5.64. The monoisotopic (exact) mass is 182 g/mol. The lowest BCUT2D eigenvalue weighted by atomic mass is 10.3. The van der Waals surface area contributed by atoms with Crippen LogP contribution in [-0.2, 0) is 4.74 Å². The molecule has 0 rings (SSSR count). The number of ether oxygens (including phenoxy) is 1. The lowest BCUT2D eigenvalue weighted by Gasteiger charge is -2.13. The number of hydrogen-bond donors (Lipinski definition) is 2. The molecule has 0 spiro atoms. The average Bonchev–Trinajstić information content (AvgIpc) is 2.00. The van der Waals surface area contributed by atoms with Crippen molar-refractivity contribution in [3.63, 3.8) is 0 Å². The summed E-state index contributed by atoms with van der Waals surface area (Å²) in [7, 11) is 0. The molecule has 2 N–H and O–H groups in total. The van der Waals surface area contributed by atoms with E-state index in [-0.39, 0.29) is 0 Å². The molecule has 0 saturated heterocycles. The number of unbranched alkanes of at least 4 members (excludes halogenated alkanes) is 1. The Balaban J connectivity index is 3.27. The van der Waals surface area contributed by atoms with E-state index < -0.39 is 18.5 Å². The largest absolute Gasteiger partial charge is 0.391 e.